The van der Waals surface area contributed by atoms with Gasteiger partial charge in [-0.2, -0.15) is 0 Å². The van der Waals surface area contributed by atoms with E-state index >= 15 is 0 Å². The molecule has 4 aromatic rings. The lowest BCUT2D eigenvalue weighted by Crippen LogP contribution is -2.34. The lowest BCUT2D eigenvalue weighted by molar-refractivity contribution is -0.162. The monoisotopic (exact) mass is 441 g/mol. The molecule has 1 heterocycles. The van der Waals surface area contributed by atoms with Crippen molar-refractivity contribution >= 4 is 22.8 Å². The summed E-state index contributed by atoms with van der Waals surface area (Å²) in [4.78, 5) is 29.4. The molecule has 0 saturated heterocycles. The molecule has 1 N–H and O–H groups in total. The molecule has 3 aromatic carbocycles. The number of ether oxygens (including phenoxy) is 2. The summed E-state index contributed by atoms with van der Waals surface area (Å²) in [5.41, 5.74) is 4.78. The quantitative estimate of drug-likeness (QED) is 0.281. The number of nitrogens with one attached hydrogen (secondary N) is 1. The van der Waals surface area contributed by atoms with Gasteiger partial charge in [0.05, 0.1) is 13.2 Å². The molecule has 168 valence electrons. The molecule has 33 heavy (non-hydrogen) atoms. The summed E-state index contributed by atoms with van der Waals surface area (Å²) in [6, 6.07) is 25.9. The molecule has 0 bridgehead atoms. The van der Waals surface area contributed by atoms with Gasteiger partial charge in [0.1, 0.15) is 0 Å². The Morgan fingerprint density at radius 2 is 1.33 bits per heavy atom. The Bertz CT molecular complexity index is 1210. The van der Waals surface area contributed by atoms with Crippen molar-refractivity contribution in [2.75, 3.05) is 13.2 Å². The van der Waals surface area contributed by atoms with Crippen LogP contribution in [0.3, 0.4) is 0 Å². The molecule has 0 aliphatic heterocycles. The number of carbonyl (C=O) groups excluding carboxylic acids is 2. The molecule has 0 fully saturated rings. The van der Waals surface area contributed by atoms with Crippen molar-refractivity contribution in [3.63, 3.8) is 0 Å². The molecule has 0 radical (unpaired) electrons. The standard InChI is InChI=1S/C28H27NO4/c1-3-32-27(30)26(28(31)33-4-2)25(23-18-29-24-13-9-8-12-22(23)24)21-16-14-20(15-17-21)19-10-6-5-7-11-19/h5-18,25-26,29H,3-4H2,1-2H3. The van der Waals surface area contributed by atoms with Gasteiger partial charge < -0.3 is 14.5 Å². The Morgan fingerprint density at radius 1 is 0.758 bits per heavy atom. The van der Waals surface area contributed by atoms with Crippen molar-refractivity contribution in [2.24, 2.45) is 5.92 Å². The van der Waals surface area contributed by atoms with E-state index in [0.29, 0.717) is 0 Å². The maximum absolute atomic E-state index is 13.1. The molecular weight excluding hydrogens is 414 g/mol. The molecule has 1 atom stereocenters. The van der Waals surface area contributed by atoms with Crippen LogP contribution in [0.1, 0.15) is 30.9 Å². The third-order valence-corrected chi connectivity index (χ3v) is 5.75. The normalized spacial score (nSPS) is 12.0. The molecule has 0 spiro atoms. The predicted octanol–water partition coefficient (Wildman–Crippen LogP) is 5.71. The summed E-state index contributed by atoms with van der Waals surface area (Å²) in [5.74, 6) is -2.85. The van der Waals surface area contributed by atoms with Crippen molar-refractivity contribution < 1.29 is 19.1 Å². The summed E-state index contributed by atoms with van der Waals surface area (Å²) in [5, 5.41) is 0.952. The zero-order valence-electron chi connectivity index (χ0n) is 18.8. The number of hydrogen-bond donors (Lipinski definition) is 1. The van der Waals surface area contributed by atoms with Crippen LogP contribution in [0.5, 0.6) is 0 Å². The van der Waals surface area contributed by atoms with Gasteiger partial charge in [0.25, 0.3) is 0 Å². The zero-order valence-corrected chi connectivity index (χ0v) is 18.8. The van der Waals surface area contributed by atoms with Gasteiger partial charge in [0, 0.05) is 23.0 Å². The molecule has 5 heteroatoms. The Hall–Kier alpha value is -3.86. The highest BCUT2D eigenvalue weighted by molar-refractivity contribution is 5.98. The highest BCUT2D eigenvalue weighted by atomic mass is 16.6. The van der Waals surface area contributed by atoms with Crippen LogP contribution in [0.2, 0.25) is 0 Å². The lowest BCUT2D eigenvalue weighted by atomic mass is 9.80. The van der Waals surface area contributed by atoms with Gasteiger partial charge in [-0.05, 0) is 42.2 Å². The smallest absolute Gasteiger partial charge is 0.321 e. The fourth-order valence-corrected chi connectivity index (χ4v) is 4.25. The number of para-hydroxylation sites is 1. The van der Waals surface area contributed by atoms with E-state index in [2.05, 4.69) is 4.98 Å². The number of hydrogen-bond acceptors (Lipinski definition) is 4. The number of carbonyl (C=O) groups is 2. The Labute approximate surface area is 193 Å². The van der Waals surface area contributed by atoms with Gasteiger partial charge in [-0.1, -0.05) is 72.8 Å². The molecule has 5 nitrogen and oxygen atoms in total. The minimum atomic E-state index is -1.12. The van der Waals surface area contributed by atoms with E-state index in [-0.39, 0.29) is 13.2 Å². The van der Waals surface area contributed by atoms with Crippen molar-refractivity contribution in [3.05, 3.63) is 96.2 Å². The van der Waals surface area contributed by atoms with Crippen LogP contribution in [0.4, 0.5) is 0 Å². The molecule has 0 aliphatic carbocycles. The Kier molecular flexibility index (Phi) is 6.89. The summed E-state index contributed by atoms with van der Waals surface area (Å²) in [6.45, 7) is 3.83. The highest BCUT2D eigenvalue weighted by Gasteiger charge is 2.40. The molecule has 1 aromatic heterocycles. The maximum atomic E-state index is 13.1. The SMILES string of the molecule is CCOC(=O)C(C(=O)OCC)C(c1ccc(-c2ccccc2)cc1)c1c[nH]c2ccccc12. The van der Waals surface area contributed by atoms with Gasteiger partial charge in [-0.15, -0.1) is 0 Å². The summed E-state index contributed by atoms with van der Waals surface area (Å²) < 4.78 is 10.7. The van der Waals surface area contributed by atoms with Crippen LogP contribution >= 0.6 is 0 Å². The van der Waals surface area contributed by atoms with E-state index in [0.717, 1.165) is 33.2 Å². The number of fused-ring (bicyclic) bond motifs is 1. The molecule has 0 aliphatic rings. The summed E-state index contributed by atoms with van der Waals surface area (Å²) in [7, 11) is 0. The average molecular weight is 442 g/mol. The number of esters is 2. The highest BCUT2D eigenvalue weighted by Crippen LogP contribution is 2.38. The maximum Gasteiger partial charge on any atom is 0.321 e. The average Bonchev–Trinajstić information content (AvgIpc) is 3.27. The molecule has 4 rings (SSSR count). The second kappa shape index (κ2) is 10.2. The van der Waals surface area contributed by atoms with E-state index in [1.54, 1.807) is 13.8 Å². The van der Waals surface area contributed by atoms with Crippen molar-refractivity contribution in [3.8, 4) is 11.1 Å². The number of aromatic amines is 1. The van der Waals surface area contributed by atoms with Crippen molar-refractivity contribution in [1.82, 2.24) is 4.98 Å². The van der Waals surface area contributed by atoms with Gasteiger partial charge in [0.15, 0.2) is 5.92 Å². The van der Waals surface area contributed by atoms with E-state index in [1.807, 2.05) is 85.1 Å². The molecule has 1 unspecified atom stereocenters. The third kappa shape index (κ3) is 4.67. The van der Waals surface area contributed by atoms with Gasteiger partial charge in [-0.3, -0.25) is 9.59 Å². The topological polar surface area (TPSA) is 68.4 Å². The first-order valence-electron chi connectivity index (χ1n) is 11.2. The fourth-order valence-electron chi connectivity index (χ4n) is 4.25. The van der Waals surface area contributed by atoms with Crippen LogP contribution in [0.25, 0.3) is 22.0 Å². The molecule has 0 amide bonds. The van der Waals surface area contributed by atoms with Crippen LogP contribution < -0.4 is 0 Å². The van der Waals surface area contributed by atoms with Crippen LogP contribution in [0, 0.1) is 5.92 Å². The van der Waals surface area contributed by atoms with Crippen LogP contribution in [-0.4, -0.2) is 30.1 Å². The Balaban J connectivity index is 1.85. The van der Waals surface area contributed by atoms with Crippen LogP contribution in [0.15, 0.2) is 85.1 Å². The first-order valence-corrected chi connectivity index (χ1v) is 11.2. The van der Waals surface area contributed by atoms with E-state index in [9.17, 15) is 9.59 Å². The van der Waals surface area contributed by atoms with Gasteiger partial charge in [0.2, 0.25) is 0 Å². The first kappa shape index (κ1) is 22.3. The molecule has 0 saturated carbocycles. The number of rotatable bonds is 8. The minimum absolute atomic E-state index is 0.183. The van der Waals surface area contributed by atoms with Crippen molar-refractivity contribution in [1.29, 1.82) is 0 Å². The van der Waals surface area contributed by atoms with E-state index < -0.39 is 23.8 Å². The van der Waals surface area contributed by atoms with Crippen molar-refractivity contribution in [2.45, 2.75) is 19.8 Å². The second-order valence-corrected chi connectivity index (χ2v) is 7.74. The summed E-state index contributed by atoms with van der Waals surface area (Å²) in [6.07, 6.45) is 1.87. The largest absolute Gasteiger partial charge is 0.465 e. The van der Waals surface area contributed by atoms with E-state index in [1.165, 1.54) is 0 Å². The number of benzene rings is 3. The third-order valence-electron chi connectivity index (χ3n) is 5.75. The first-order chi connectivity index (χ1) is 16.1. The second-order valence-electron chi connectivity index (χ2n) is 7.74. The van der Waals surface area contributed by atoms with E-state index in [4.69, 9.17) is 9.47 Å². The Morgan fingerprint density at radius 3 is 1.97 bits per heavy atom. The lowest BCUT2D eigenvalue weighted by Gasteiger charge is -2.25. The van der Waals surface area contributed by atoms with Gasteiger partial charge in [-0.25, -0.2) is 0 Å². The fraction of sp³-hybridized carbons (Fsp3) is 0.214. The zero-order chi connectivity index (χ0) is 23.2. The summed E-state index contributed by atoms with van der Waals surface area (Å²) >= 11 is 0. The van der Waals surface area contributed by atoms with Gasteiger partial charge >= 0.3 is 11.9 Å². The minimum Gasteiger partial charge on any atom is -0.465 e. The van der Waals surface area contributed by atoms with Crippen LogP contribution in [-0.2, 0) is 19.1 Å². The number of H-pyrrole nitrogens is 1. The number of aromatic nitrogens is 1. The predicted molar refractivity (Wildman–Crippen MR) is 129 cm³/mol. The molecular formula is C28H27NO4.